The Bertz CT molecular complexity index is 684. The molecule has 2 aromatic carbocycles. The van der Waals surface area contributed by atoms with Crippen molar-refractivity contribution in [3.63, 3.8) is 0 Å². The van der Waals surface area contributed by atoms with Gasteiger partial charge in [-0.3, -0.25) is 0 Å². The molecule has 20 heavy (non-hydrogen) atoms. The second-order valence-electron chi connectivity index (χ2n) is 4.41. The van der Waals surface area contributed by atoms with E-state index >= 15 is 0 Å². The quantitative estimate of drug-likeness (QED) is 0.812. The van der Waals surface area contributed by atoms with Gasteiger partial charge in [-0.25, -0.2) is 8.78 Å². The van der Waals surface area contributed by atoms with Crippen molar-refractivity contribution in [1.82, 2.24) is 0 Å². The summed E-state index contributed by atoms with van der Waals surface area (Å²) in [5, 5.41) is 3.25. The van der Waals surface area contributed by atoms with E-state index in [0.717, 1.165) is 11.6 Å². The van der Waals surface area contributed by atoms with Crippen molar-refractivity contribution in [2.45, 2.75) is 6.92 Å². The van der Waals surface area contributed by atoms with Gasteiger partial charge in [-0.05, 0) is 31.2 Å². The van der Waals surface area contributed by atoms with Crippen LogP contribution in [0, 0.1) is 18.6 Å². The van der Waals surface area contributed by atoms with E-state index in [1.165, 1.54) is 6.07 Å². The molecule has 104 valence electrons. The van der Waals surface area contributed by atoms with E-state index in [2.05, 4.69) is 11.9 Å². The van der Waals surface area contributed by atoms with Crippen LogP contribution in [0.1, 0.15) is 11.1 Å². The maximum absolute atomic E-state index is 13.8. The Kier molecular flexibility index (Phi) is 3.95. The number of benzene rings is 2. The van der Waals surface area contributed by atoms with Crippen LogP contribution < -0.4 is 11.1 Å². The Morgan fingerprint density at radius 2 is 1.95 bits per heavy atom. The molecular weight excluding hydrogens is 282 g/mol. The molecule has 0 saturated carbocycles. The summed E-state index contributed by atoms with van der Waals surface area (Å²) in [6.07, 6.45) is 0. The highest BCUT2D eigenvalue weighted by Gasteiger charge is 2.12. The van der Waals surface area contributed by atoms with Crippen LogP contribution in [-0.2, 0) is 0 Å². The Labute approximate surface area is 120 Å². The summed E-state index contributed by atoms with van der Waals surface area (Å²) in [6, 6.07) is 7.76. The lowest BCUT2D eigenvalue weighted by atomic mass is 10.1. The topological polar surface area (TPSA) is 38.0 Å². The monoisotopic (exact) mass is 294 g/mol. The molecule has 3 N–H and O–H groups in total. The molecule has 0 bridgehead atoms. The van der Waals surface area contributed by atoms with Crippen molar-refractivity contribution in [3.05, 3.63) is 64.7 Å². The highest BCUT2D eigenvalue weighted by Crippen LogP contribution is 2.28. The van der Waals surface area contributed by atoms with Crippen LogP contribution in [0.2, 0.25) is 5.02 Å². The lowest BCUT2D eigenvalue weighted by molar-refractivity contribution is 0.594. The molecule has 0 aliphatic heterocycles. The first-order valence-corrected chi connectivity index (χ1v) is 6.24. The molecule has 2 aromatic rings. The maximum Gasteiger partial charge on any atom is 0.172 e. The van der Waals surface area contributed by atoms with Crippen molar-refractivity contribution in [2.24, 2.45) is 0 Å². The van der Waals surface area contributed by atoms with Crippen LogP contribution >= 0.6 is 11.6 Å². The first kappa shape index (κ1) is 14.3. The minimum Gasteiger partial charge on any atom is -0.394 e. The summed E-state index contributed by atoms with van der Waals surface area (Å²) < 4.78 is 26.9. The second-order valence-corrected chi connectivity index (χ2v) is 4.82. The van der Waals surface area contributed by atoms with Gasteiger partial charge in [0.15, 0.2) is 5.82 Å². The first-order valence-electron chi connectivity index (χ1n) is 5.86. The van der Waals surface area contributed by atoms with Gasteiger partial charge in [0.25, 0.3) is 0 Å². The fraction of sp³-hybridized carbons (Fsp3) is 0.0667. The van der Waals surface area contributed by atoms with Crippen LogP contribution in [-0.4, -0.2) is 0 Å². The molecule has 0 unspecified atom stereocenters. The van der Waals surface area contributed by atoms with Gasteiger partial charge in [0.2, 0.25) is 0 Å². The second kappa shape index (κ2) is 5.51. The minimum atomic E-state index is -0.852. The molecule has 0 radical (unpaired) electrons. The molecule has 0 amide bonds. The fourth-order valence-electron chi connectivity index (χ4n) is 1.77. The van der Waals surface area contributed by atoms with Crippen molar-refractivity contribution in [2.75, 3.05) is 11.1 Å². The standard InChI is InChI=1S/C15H13ClF2N2/c1-8-3-4-11(16)10(7-8)9(2)20-13-6-5-12(17)15(19)14(13)18/h3-7,20H,2,19H2,1H3. The zero-order valence-corrected chi connectivity index (χ0v) is 11.6. The number of hydrogen-bond acceptors (Lipinski definition) is 2. The van der Waals surface area contributed by atoms with Crippen LogP contribution in [0.5, 0.6) is 0 Å². The summed E-state index contributed by atoms with van der Waals surface area (Å²) in [6.45, 7) is 5.72. The molecule has 2 nitrogen and oxygen atoms in total. The molecule has 5 heteroatoms. The van der Waals surface area contributed by atoms with Gasteiger partial charge in [-0.15, -0.1) is 0 Å². The van der Waals surface area contributed by atoms with E-state index in [1.54, 1.807) is 6.07 Å². The van der Waals surface area contributed by atoms with Crippen LogP contribution in [0.3, 0.4) is 0 Å². The van der Waals surface area contributed by atoms with Crippen molar-refractivity contribution < 1.29 is 8.78 Å². The van der Waals surface area contributed by atoms with Gasteiger partial charge >= 0.3 is 0 Å². The molecule has 2 rings (SSSR count). The number of aryl methyl sites for hydroxylation is 1. The zero-order valence-electron chi connectivity index (χ0n) is 10.8. The van der Waals surface area contributed by atoms with E-state index in [9.17, 15) is 8.78 Å². The lowest BCUT2D eigenvalue weighted by Crippen LogP contribution is -2.04. The van der Waals surface area contributed by atoms with Gasteiger partial charge < -0.3 is 11.1 Å². The normalized spacial score (nSPS) is 10.4. The van der Waals surface area contributed by atoms with Crippen molar-refractivity contribution >= 4 is 28.7 Å². The third-order valence-electron chi connectivity index (χ3n) is 2.86. The largest absolute Gasteiger partial charge is 0.394 e. The Morgan fingerprint density at radius 3 is 2.65 bits per heavy atom. The summed E-state index contributed by atoms with van der Waals surface area (Å²) in [5.41, 5.74) is 6.87. The summed E-state index contributed by atoms with van der Waals surface area (Å²) >= 11 is 6.07. The average molecular weight is 295 g/mol. The number of hydrogen-bond donors (Lipinski definition) is 2. The predicted octanol–water partition coefficient (Wildman–Crippen LogP) is 4.59. The number of nitrogen functional groups attached to an aromatic ring is 1. The van der Waals surface area contributed by atoms with Crippen LogP contribution in [0.15, 0.2) is 36.9 Å². The van der Waals surface area contributed by atoms with Crippen molar-refractivity contribution in [1.29, 1.82) is 0 Å². The third-order valence-corrected chi connectivity index (χ3v) is 3.19. The molecule has 0 heterocycles. The zero-order chi connectivity index (χ0) is 14.9. The Morgan fingerprint density at radius 1 is 1.25 bits per heavy atom. The van der Waals surface area contributed by atoms with Crippen LogP contribution in [0.4, 0.5) is 20.2 Å². The smallest absolute Gasteiger partial charge is 0.172 e. The molecule has 0 spiro atoms. The van der Waals surface area contributed by atoms with E-state index in [1.807, 2.05) is 19.1 Å². The van der Waals surface area contributed by atoms with E-state index < -0.39 is 17.3 Å². The fourth-order valence-corrected chi connectivity index (χ4v) is 2.00. The van der Waals surface area contributed by atoms with Gasteiger partial charge in [0, 0.05) is 16.3 Å². The number of nitrogens with two attached hydrogens (primary N) is 1. The number of anilines is 2. The molecule has 0 aromatic heterocycles. The minimum absolute atomic E-state index is 0.0477. The Balaban J connectivity index is 2.33. The summed E-state index contributed by atoms with van der Waals surface area (Å²) in [4.78, 5) is 0. The van der Waals surface area contributed by atoms with Gasteiger partial charge in [0.1, 0.15) is 11.5 Å². The number of rotatable bonds is 3. The Hall–Kier alpha value is -2.07. The highest BCUT2D eigenvalue weighted by atomic mass is 35.5. The first-order chi connectivity index (χ1) is 9.40. The van der Waals surface area contributed by atoms with E-state index in [-0.39, 0.29) is 5.69 Å². The summed E-state index contributed by atoms with van der Waals surface area (Å²) in [7, 11) is 0. The lowest BCUT2D eigenvalue weighted by Gasteiger charge is -2.13. The molecule has 0 fully saturated rings. The summed E-state index contributed by atoms with van der Waals surface area (Å²) in [5.74, 6) is -1.65. The van der Waals surface area contributed by atoms with Gasteiger partial charge in [0.05, 0.1) is 5.69 Å². The predicted molar refractivity (Wildman–Crippen MR) is 79.6 cm³/mol. The van der Waals surface area contributed by atoms with Crippen LogP contribution in [0.25, 0.3) is 5.70 Å². The molecular formula is C15H13ClF2N2. The molecule has 0 atom stereocenters. The molecule has 0 aliphatic carbocycles. The third kappa shape index (κ3) is 2.75. The SMILES string of the molecule is C=C(Nc1ccc(F)c(N)c1F)c1cc(C)ccc1Cl. The number of halogens is 3. The maximum atomic E-state index is 13.8. The van der Waals surface area contributed by atoms with Gasteiger partial charge in [-0.2, -0.15) is 0 Å². The highest BCUT2D eigenvalue weighted by molar-refractivity contribution is 6.32. The van der Waals surface area contributed by atoms with Gasteiger partial charge in [-0.1, -0.05) is 29.8 Å². The van der Waals surface area contributed by atoms with E-state index in [0.29, 0.717) is 16.3 Å². The average Bonchev–Trinajstić information content (AvgIpc) is 2.42. The van der Waals surface area contributed by atoms with Crippen molar-refractivity contribution in [3.8, 4) is 0 Å². The molecule has 0 aliphatic rings. The van der Waals surface area contributed by atoms with E-state index in [4.69, 9.17) is 17.3 Å². The molecule has 0 saturated heterocycles. The number of nitrogens with one attached hydrogen (secondary N) is 1.